The molecule has 1 spiro atoms. The Labute approximate surface area is 200 Å². The number of hydrogen-bond donors (Lipinski definition) is 2. The van der Waals surface area contributed by atoms with E-state index < -0.39 is 24.0 Å². The van der Waals surface area contributed by atoms with Crippen LogP contribution in [0.5, 0.6) is 5.75 Å². The fourth-order valence-electron chi connectivity index (χ4n) is 6.25. The van der Waals surface area contributed by atoms with Crippen molar-refractivity contribution in [1.82, 2.24) is 5.32 Å². The zero-order chi connectivity index (χ0) is 23.9. The van der Waals surface area contributed by atoms with Crippen LogP contribution in [0.2, 0.25) is 0 Å². The molecule has 4 aliphatic heterocycles. The van der Waals surface area contributed by atoms with E-state index in [0.29, 0.717) is 30.7 Å². The molecule has 4 heterocycles. The van der Waals surface area contributed by atoms with Gasteiger partial charge in [0.2, 0.25) is 5.79 Å². The molecule has 0 unspecified atom stereocenters. The summed E-state index contributed by atoms with van der Waals surface area (Å²) in [6.45, 7) is 7.05. The second-order valence-corrected chi connectivity index (χ2v) is 10.3. The molecular weight excluding hydrogens is 440 g/mol. The molecule has 9 heteroatoms. The Kier molecular flexibility index (Phi) is 6.50. The Balaban J connectivity index is 1.17. The van der Waals surface area contributed by atoms with Crippen molar-refractivity contribution in [3.05, 3.63) is 24.3 Å². The number of carbonyl (C=O) groups is 1. The summed E-state index contributed by atoms with van der Waals surface area (Å²) >= 11 is 0. The van der Waals surface area contributed by atoms with Crippen molar-refractivity contribution >= 4 is 11.7 Å². The lowest BCUT2D eigenvalue weighted by Crippen LogP contribution is -2.70. The van der Waals surface area contributed by atoms with Crippen LogP contribution >= 0.6 is 0 Å². The third kappa shape index (κ3) is 4.18. The van der Waals surface area contributed by atoms with E-state index in [0.717, 1.165) is 31.4 Å². The molecule has 9 nitrogen and oxygen atoms in total. The van der Waals surface area contributed by atoms with E-state index in [1.54, 1.807) is 31.4 Å². The lowest BCUT2D eigenvalue weighted by molar-refractivity contribution is -0.577. The van der Waals surface area contributed by atoms with E-state index in [4.69, 9.17) is 28.7 Å². The van der Waals surface area contributed by atoms with E-state index in [2.05, 4.69) is 24.5 Å². The predicted molar refractivity (Wildman–Crippen MR) is 123 cm³/mol. The smallest absolute Gasteiger partial charge is 0.319 e. The third-order valence-corrected chi connectivity index (χ3v) is 8.11. The summed E-state index contributed by atoms with van der Waals surface area (Å²) in [5, 5.41) is 5.62. The summed E-state index contributed by atoms with van der Waals surface area (Å²) in [6.07, 6.45) is 2.98. The van der Waals surface area contributed by atoms with Crippen molar-refractivity contribution in [1.29, 1.82) is 0 Å². The minimum atomic E-state index is -0.802. The molecule has 1 aliphatic carbocycles. The van der Waals surface area contributed by atoms with Gasteiger partial charge in [-0.25, -0.2) is 14.6 Å². The first kappa shape index (κ1) is 23.8. The van der Waals surface area contributed by atoms with Gasteiger partial charge in [0, 0.05) is 30.5 Å². The Bertz CT molecular complexity index is 883. The van der Waals surface area contributed by atoms with Gasteiger partial charge in [-0.3, -0.25) is 0 Å². The van der Waals surface area contributed by atoms with Crippen molar-refractivity contribution in [2.24, 2.45) is 23.7 Å². The summed E-state index contributed by atoms with van der Waals surface area (Å²) in [4.78, 5) is 24.2. The second kappa shape index (κ2) is 9.28. The highest BCUT2D eigenvalue weighted by Gasteiger charge is 2.69. The molecule has 1 aromatic rings. The van der Waals surface area contributed by atoms with Gasteiger partial charge in [-0.15, -0.1) is 0 Å². The largest absolute Gasteiger partial charge is 0.497 e. The number of amides is 2. The summed E-state index contributed by atoms with van der Waals surface area (Å²) in [5.41, 5.74) is 0.0924. The molecule has 8 atom stereocenters. The maximum atomic E-state index is 12.2. The number of rotatable bonds is 6. The molecule has 5 fully saturated rings. The first-order valence-corrected chi connectivity index (χ1v) is 12.4. The minimum absolute atomic E-state index is 0.106. The lowest BCUT2D eigenvalue weighted by atomic mass is 9.58. The van der Waals surface area contributed by atoms with E-state index in [1.807, 2.05) is 6.92 Å². The number of anilines is 1. The van der Waals surface area contributed by atoms with Crippen LogP contribution in [0.3, 0.4) is 0 Å². The molecule has 0 radical (unpaired) electrons. The van der Waals surface area contributed by atoms with Gasteiger partial charge in [-0.05, 0) is 62.3 Å². The molecule has 0 aromatic heterocycles. The van der Waals surface area contributed by atoms with Crippen molar-refractivity contribution in [3.8, 4) is 5.75 Å². The highest BCUT2D eigenvalue weighted by Crippen LogP contribution is 2.60. The van der Waals surface area contributed by atoms with Gasteiger partial charge in [-0.1, -0.05) is 13.8 Å². The maximum Gasteiger partial charge on any atom is 0.319 e. The summed E-state index contributed by atoms with van der Waals surface area (Å²) < 4.78 is 24.0. The first-order valence-electron chi connectivity index (χ1n) is 12.4. The van der Waals surface area contributed by atoms with E-state index in [1.165, 1.54) is 0 Å². The molecule has 188 valence electrons. The minimum Gasteiger partial charge on any atom is -0.497 e. The Morgan fingerprint density at radius 1 is 1.12 bits per heavy atom. The fourth-order valence-corrected chi connectivity index (χ4v) is 6.25. The number of fused-ring (bicyclic) bond motifs is 2. The summed E-state index contributed by atoms with van der Waals surface area (Å²) in [7, 11) is 1.60. The lowest BCUT2D eigenvalue weighted by Gasteiger charge is -2.60. The number of hydrogen-bond acceptors (Lipinski definition) is 7. The molecule has 1 aromatic carbocycles. The fraction of sp³-hybridized carbons (Fsp3) is 0.720. The molecule has 4 saturated heterocycles. The monoisotopic (exact) mass is 476 g/mol. The van der Waals surface area contributed by atoms with Gasteiger partial charge in [0.15, 0.2) is 18.2 Å². The van der Waals surface area contributed by atoms with Gasteiger partial charge in [0.1, 0.15) is 5.75 Å². The van der Waals surface area contributed by atoms with E-state index in [9.17, 15) is 4.79 Å². The normalized spacial score (nSPS) is 40.7. The highest BCUT2D eigenvalue weighted by molar-refractivity contribution is 5.89. The van der Waals surface area contributed by atoms with Crippen molar-refractivity contribution in [2.45, 2.75) is 70.4 Å². The quantitative estimate of drug-likeness (QED) is 0.472. The first-order chi connectivity index (χ1) is 16.3. The van der Waals surface area contributed by atoms with Crippen molar-refractivity contribution in [3.63, 3.8) is 0 Å². The number of ether oxygens (including phenoxy) is 4. The second-order valence-electron chi connectivity index (χ2n) is 10.3. The number of urea groups is 1. The molecule has 5 aliphatic rings. The van der Waals surface area contributed by atoms with E-state index in [-0.39, 0.29) is 17.9 Å². The molecule has 2 amide bonds. The SMILES string of the molecule is COc1ccc(NC(=O)NCCO[C@H]2O[C@@H]3O[C@@]4(C)CC[C@H]5[C@H](C)CC[C@@H]([C@H]2C)[C@@]35OO4)cc1. The van der Waals surface area contributed by atoms with Crippen LogP contribution in [0.25, 0.3) is 0 Å². The zero-order valence-corrected chi connectivity index (χ0v) is 20.4. The Hall–Kier alpha value is -1.91. The van der Waals surface area contributed by atoms with Crippen molar-refractivity contribution in [2.75, 3.05) is 25.6 Å². The highest BCUT2D eigenvalue weighted by atomic mass is 17.3. The van der Waals surface area contributed by atoms with Gasteiger partial charge >= 0.3 is 6.03 Å². The van der Waals surface area contributed by atoms with Gasteiger partial charge in [-0.2, -0.15) is 0 Å². The number of nitrogens with one attached hydrogen (secondary N) is 2. The zero-order valence-electron chi connectivity index (χ0n) is 20.4. The molecule has 6 rings (SSSR count). The van der Waals surface area contributed by atoms with E-state index >= 15 is 0 Å². The average Bonchev–Trinajstić information content (AvgIpc) is 3.06. The topological polar surface area (TPSA) is 96.5 Å². The number of benzene rings is 1. The van der Waals surface area contributed by atoms with Gasteiger partial charge in [0.25, 0.3) is 0 Å². The molecule has 1 saturated carbocycles. The predicted octanol–water partition coefficient (Wildman–Crippen LogP) is 4.04. The maximum absolute atomic E-state index is 12.2. The van der Waals surface area contributed by atoms with Crippen LogP contribution < -0.4 is 15.4 Å². The van der Waals surface area contributed by atoms with Gasteiger partial charge < -0.3 is 29.6 Å². The molecule has 2 N–H and O–H groups in total. The average molecular weight is 477 g/mol. The van der Waals surface area contributed by atoms with Crippen LogP contribution in [-0.2, 0) is 24.0 Å². The summed E-state index contributed by atoms with van der Waals surface area (Å²) in [5.74, 6) is 1.10. The Morgan fingerprint density at radius 3 is 2.68 bits per heavy atom. The third-order valence-electron chi connectivity index (χ3n) is 8.11. The van der Waals surface area contributed by atoms with Crippen LogP contribution in [0.15, 0.2) is 24.3 Å². The molecule has 2 bridgehead atoms. The molecule has 34 heavy (non-hydrogen) atoms. The van der Waals surface area contributed by atoms with Crippen LogP contribution in [0.4, 0.5) is 10.5 Å². The standard InChI is InChI=1S/C25H36N2O7/c1-15-5-10-20-16(2)21(31-22-25(20)19(15)11-12-24(3,32-22)33-34-25)30-14-13-26-23(28)27-17-6-8-18(29-4)9-7-17/h6-9,15-16,19-22H,5,10-14H2,1-4H3,(H2,26,27,28)/t15-,16-,19+,20+,21+,22-,24-,25-/m1/s1. The number of methoxy groups -OCH3 is 1. The van der Waals surface area contributed by atoms with Crippen LogP contribution in [-0.4, -0.2) is 50.3 Å². The number of carbonyl (C=O) groups excluding carboxylic acids is 1. The van der Waals surface area contributed by atoms with Crippen molar-refractivity contribution < 1.29 is 33.5 Å². The van der Waals surface area contributed by atoms with Crippen LogP contribution in [0, 0.1) is 23.7 Å². The Morgan fingerprint density at radius 2 is 1.91 bits per heavy atom. The van der Waals surface area contributed by atoms with Crippen LogP contribution in [0.1, 0.15) is 46.5 Å². The summed E-state index contributed by atoms with van der Waals surface area (Å²) in [6, 6.07) is 6.86. The molecular formula is C25H36N2O7. The van der Waals surface area contributed by atoms with Gasteiger partial charge in [0.05, 0.1) is 13.7 Å².